The van der Waals surface area contributed by atoms with Crippen molar-refractivity contribution in [3.63, 3.8) is 0 Å². The summed E-state index contributed by atoms with van der Waals surface area (Å²) in [5, 5.41) is 27.9. The fourth-order valence-corrected chi connectivity index (χ4v) is 15.5. The molecule has 0 aliphatic carbocycles. The maximum Gasteiger partial charge on any atom is 0.293 e. The van der Waals surface area contributed by atoms with E-state index in [1.54, 1.807) is 0 Å². The number of piperidine rings is 1. The lowest BCUT2D eigenvalue weighted by molar-refractivity contribution is -0.384. The van der Waals surface area contributed by atoms with E-state index in [0.29, 0.717) is 27.5 Å². The van der Waals surface area contributed by atoms with Crippen LogP contribution in [0.2, 0.25) is 0 Å². The fraction of sp³-hybridized carbons (Fsp3) is 0.297. The van der Waals surface area contributed by atoms with Crippen molar-refractivity contribution in [3.8, 4) is 22.3 Å². The first kappa shape index (κ1) is 68.7. The van der Waals surface area contributed by atoms with E-state index in [2.05, 4.69) is 163 Å². The summed E-state index contributed by atoms with van der Waals surface area (Å²) in [4.78, 5) is 53.5. The van der Waals surface area contributed by atoms with Gasteiger partial charge in [0.15, 0.2) is 11.6 Å². The highest BCUT2D eigenvalue weighted by Gasteiger charge is 2.31. The van der Waals surface area contributed by atoms with Crippen molar-refractivity contribution in [1.82, 2.24) is 34.6 Å². The predicted molar refractivity (Wildman–Crippen MR) is 393 cm³/mol. The molecule has 3 N–H and O–H groups in total. The van der Waals surface area contributed by atoms with E-state index in [4.69, 9.17) is 0 Å². The molecule has 8 aromatic carbocycles. The number of sulfonamides is 2. The van der Waals surface area contributed by atoms with Crippen LogP contribution in [0.1, 0.15) is 51.2 Å². The second kappa shape index (κ2) is 30.7. The summed E-state index contributed by atoms with van der Waals surface area (Å²) < 4.78 is 59.0. The largest absolute Gasteiger partial charge is 0.377 e. The number of nitrogens with one attached hydrogen (secondary N) is 3. The number of nitro groups is 2. The van der Waals surface area contributed by atoms with Gasteiger partial charge in [-0.3, -0.25) is 39.5 Å². The van der Waals surface area contributed by atoms with Gasteiger partial charge < -0.3 is 24.9 Å². The Kier molecular flexibility index (Phi) is 21.3. The molecule has 0 spiro atoms. The van der Waals surface area contributed by atoms with Gasteiger partial charge in [0.25, 0.3) is 31.4 Å². The zero-order valence-corrected chi connectivity index (χ0v) is 57.5. The molecule has 512 valence electrons. The summed E-state index contributed by atoms with van der Waals surface area (Å²) >= 11 is 0. The van der Waals surface area contributed by atoms with Gasteiger partial charge in [0.05, 0.1) is 30.7 Å². The van der Waals surface area contributed by atoms with Gasteiger partial charge in [0.2, 0.25) is 0 Å². The molecule has 3 aliphatic rings. The first-order valence-electron chi connectivity index (χ1n) is 33.4. The number of rotatable bonds is 22. The van der Waals surface area contributed by atoms with Crippen LogP contribution >= 0.6 is 0 Å². The number of fused-ring (bicyclic) bond motifs is 2. The monoisotopic (exact) mass is 1370 g/mol. The molecule has 0 unspecified atom stereocenters. The van der Waals surface area contributed by atoms with Gasteiger partial charge in [-0.2, -0.15) is 0 Å². The van der Waals surface area contributed by atoms with Crippen molar-refractivity contribution in [2.75, 3.05) is 109 Å². The summed E-state index contributed by atoms with van der Waals surface area (Å²) in [6.07, 6.45) is 5.51. The number of piperazine rings is 2. The minimum Gasteiger partial charge on any atom is -0.377 e. The van der Waals surface area contributed by atoms with Crippen LogP contribution < -0.4 is 29.5 Å². The highest BCUT2D eigenvalue weighted by molar-refractivity contribution is 7.93. The van der Waals surface area contributed by atoms with Gasteiger partial charge in [-0.25, -0.2) is 36.8 Å². The van der Waals surface area contributed by atoms with E-state index in [1.807, 2.05) is 74.3 Å². The van der Waals surface area contributed by atoms with E-state index < -0.39 is 29.9 Å². The first-order valence-corrected chi connectivity index (χ1v) is 36.4. The molecule has 3 saturated heterocycles. The van der Waals surface area contributed by atoms with Crippen LogP contribution in [0.15, 0.2) is 204 Å². The normalized spacial score (nSPS) is 15.2. The van der Waals surface area contributed by atoms with Crippen molar-refractivity contribution < 1.29 is 26.7 Å². The van der Waals surface area contributed by atoms with Crippen LogP contribution in [0.3, 0.4) is 0 Å². The average molecular weight is 1370 g/mol. The van der Waals surface area contributed by atoms with Gasteiger partial charge in [0.1, 0.15) is 24.0 Å². The van der Waals surface area contributed by atoms with Gasteiger partial charge in [-0.05, 0) is 134 Å². The summed E-state index contributed by atoms with van der Waals surface area (Å²) in [6.45, 7) is 17.4. The van der Waals surface area contributed by atoms with Crippen LogP contribution in [0.5, 0.6) is 0 Å². The molecule has 99 heavy (non-hydrogen) atoms. The molecule has 25 heteroatoms. The molecule has 0 radical (unpaired) electrons. The van der Waals surface area contributed by atoms with Crippen molar-refractivity contribution in [2.24, 2.45) is 0 Å². The van der Waals surface area contributed by atoms with Crippen LogP contribution in [0, 0.1) is 20.2 Å². The lowest BCUT2D eigenvalue weighted by Gasteiger charge is -2.37. The number of aromatic nitrogens is 4. The third-order valence-electron chi connectivity index (χ3n) is 18.6. The summed E-state index contributed by atoms with van der Waals surface area (Å²) in [6, 6.07) is 57.5. The number of hydrogen-bond acceptors (Lipinski definition) is 19. The molecule has 2 aromatic heterocycles. The molecule has 0 amide bonds. The van der Waals surface area contributed by atoms with E-state index in [1.165, 1.54) is 70.3 Å². The quantitative estimate of drug-likeness (QED) is 0.0421. The highest BCUT2D eigenvalue weighted by atomic mass is 32.2. The second-order valence-electron chi connectivity index (χ2n) is 25.5. The van der Waals surface area contributed by atoms with Gasteiger partial charge in [-0.15, -0.1) is 0 Å². The molecule has 3 fully saturated rings. The number of nitro benzene ring substituents is 2. The summed E-state index contributed by atoms with van der Waals surface area (Å²) in [7, 11) is -6.54. The zero-order chi connectivity index (χ0) is 69.2. The molecule has 0 bridgehead atoms. The Hall–Kier alpha value is -10.2. The minimum absolute atomic E-state index is 0.0668. The van der Waals surface area contributed by atoms with Crippen molar-refractivity contribution >= 4 is 87.6 Å². The van der Waals surface area contributed by atoms with E-state index in [-0.39, 0.29) is 50.6 Å². The van der Waals surface area contributed by atoms with Crippen molar-refractivity contribution in [2.45, 2.75) is 75.0 Å². The Morgan fingerprint density at radius 3 is 1.41 bits per heavy atom. The second-order valence-corrected chi connectivity index (χ2v) is 28.8. The molecule has 0 saturated carbocycles. The lowest BCUT2D eigenvalue weighted by Crippen LogP contribution is -2.46. The van der Waals surface area contributed by atoms with Gasteiger partial charge in [0, 0.05) is 132 Å². The first-order chi connectivity index (χ1) is 47.9. The maximum atomic E-state index is 13.7. The topological polar surface area (TPSA) is 262 Å². The number of likely N-dealkylation sites (tertiary alicyclic amines) is 1. The standard InChI is InChI=1S/C40H46N8O4S.C34H35N7O4S/c1-3-19-45-20-17-32(18-21-45)44(2)38-16-14-34(27-39(38)48(49)50)53(51,52)43-40-36-15-13-33(26-37(36)41-29-42-40)47-24-22-46(23-25-47)28-31-11-7-8-12-35(31)30-9-5-4-6-10-30;1-24(2)37-31-15-13-28(21-33(31)41(42)43)46(44,45)38-34-30-14-12-27(20-32(30)35-23-36-34)40-18-16-39(17-19-40)22-26-10-6-7-11-29(26)25-8-4-3-5-9-25/h4-16,26-27,29,32H,3,17-25,28H2,1-2H3,(H,41,42,43);3-15,20-21,23-24,37H,16-19,22H2,1-2H3,(H,35,36,38). The van der Waals surface area contributed by atoms with Crippen molar-refractivity contribution in [1.29, 1.82) is 0 Å². The van der Waals surface area contributed by atoms with E-state index in [0.717, 1.165) is 128 Å². The number of nitrogens with zero attached hydrogens (tertiary/aromatic N) is 12. The van der Waals surface area contributed by atoms with Crippen LogP contribution in [0.4, 0.5) is 45.8 Å². The SMILES string of the molecule is CC(C)Nc1ccc(S(=O)(=O)Nc2ncnc3cc(N4CCN(Cc5ccccc5-c5ccccc5)CC4)ccc23)cc1[N+](=O)[O-].CCCN1CCC(N(C)c2ccc(S(=O)(=O)Nc3ncnc4cc(N5CCN(Cc6ccccc6-c6ccccc6)CC5)ccc34)cc2[N+](=O)[O-])CC1. The van der Waals surface area contributed by atoms with Crippen LogP contribution in [0.25, 0.3) is 44.1 Å². The van der Waals surface area contributed by atoms with Gasteiger partial charge in [-0.1, -0.05) is 116 Å². The Morgan fingerprint density at radius 2 is 0.960 bits per heavy atom. The third kappa shape index (κ3) is 16.4. The molecule has 5 heterocycles. The van der Waals surface area contributed by atoms with E-state index in [9.17, 15) is 37.1 Å². The Labute approximate surface area is 577 Å². The predicted octanol–water partition coefficient (Wildman–Crippen LogP) is 12.8. The molecule has 3 aliphatic heterocycles. The minimum atomic E-state index is -4.21. The zero-order valence-electron chi connectivity index (χ0n) is 55.9. The smallest absolute Gasteiger partial charge is 0.293 e. The molecule has 13 rings (SSSR count). The number of benzene rings is 8. The maximum absolute atomic E-state index is 13.7. The fourth-order valence-electron chi connectivity index (χ4n) is 13.4. The molecule has 10 aromatic rings. The lowest BCUT2D eigenvalue weighted by atomic mass is 9.99. The number of hydrogen-bond donors (Lipinski definition) is 3. The molecular weight excluding hydrogens is 1290 g/mol. The van der Waals surface area contributed by atoms with Crippen LogP contribution in [-0.4, -0.2) is 152 Å². The van der Waals surface area contributed by atoms with Crippen LogP contribution in [-0.2, 0) is 33.1 Å². The Balaban J connectivity index is 0.000000190. The van der Waals surface area contributed by atoms with E-state index >= 15 is 0 Å². The highest BCUT2D eigenvalue weighted by Crippen LogP contribution is 2.37. The third-order valence-corrected chi connectivity index (χ3v) is 21.2. The summed E-state index contributed by atoms with van der Waals surface area (Å²) in [5.41, 5.74) is 10.8. The summed E-state index contributed by atoms with van der Waals surface area (Å²) in [5.74, 6) is 0.219. The van der Waals surface area contributed by atoms with Gasteiger partial charge >= 0.3 is 0 Å². The molecule has 0 atom stereocenters. The Bertz CT molecular complexity index is 4750. The Morgan fingerprint density at radius 1 is 0.515 bits per heavy atom. The average Bonchev–Trinajstić information content (AvgIpc) is 0.779. The molecular formula is C74H81N15O8S2. The number of anilines is 6. The molecule has 23 nitrogen and oxygen atoms in total. The van der Waals surface area contributed by atoms with Crippen molar-refractivity contribution in [3.05, 3.63) is 226 Å².